The molecule has 1 amide bonds. The highest BCUT2D eigenvalue weighted by Gasteiger charge is 2.38. The lowest BCUT2D eigenvalue weighted by molar-refractivity contribution is -0.173. The number of nitrogens with two attached hydrogens (primary N) is 1. The topological polar surface area (TPSA) is 64.3 Å². The van der Waals surface area contributed by atoms with Crippen molar-refractivity contribution in [3.05, 3.63) is 22.3 Å². The van der Waals surface area contributed by atoms with Crippen molar-refractivity contribution in [1.82, 2.24) is 5.32 Å². The zero-order chi connectivity index (χ0) is 15.6. The van der Waals surface area contributed by atoms with Crippen LogP contribution in [0.4, 0.5) is 13.2 Å². The van der Waals surface area contributed by atoms with Crippen LogP contribution in [0.2, 0.25) is 0 Å². The van der Waals surface area contributed by atoms with Crippen LogP contribution in [0.3, 0.4) is 0 Å². The lowest BCUT2D eigenvalue weighted by Crippen LogP contribution is -2.42. The smallest absolute Gasteiger partial charge is 0.471 e. The molecule has 0 saturated heterocycles. The molecule has 0 fully saturated rings. The SMILES string of the molecule is COC1=CC(S)=C(CCNC(=O)C(F)(F)F)CC1(C)N. The van der Waals surface area contributed by atoms with E-state index < -0.39 is 17.6 Å². The van der Waals surface area contributed by atoms with Crippen molar-refractivity contribution in [1.29, 1.82) is 0 Å². The fraction of sp³-hybridized carbons (Fsp3) is 0.583. The third-order valence-corrected chi connectivity index (χ3v) is 3.41. The van der Waals surface area contributed by atoms with Crippen LogP contribution < -0.4 is 11.1 Å². The first-order valence-electron chi connectivity index (χ1n) is 5.89. The number of thiol groups is 1. The number of carbonyl (C=O) groups is 1. The van der Waals surface area contributed by atoms with Crippen molar-refractivity contribution in [3.63, 3.8) is 0 Å². The molecule has 0 saturated carbocycles. The third kappa shape index (κ3) is 4.17. The number of hydrogen-bond donors (Lipinski definition) is 3. The van der Waals surface area contributed by atoms with E-state index in [1.54, 1.807) is 13.0 Å². The molecule has 1 aliphatic carbocycles. The maximum atomic E-state index is 12.0. The molecule has 1 atom stereocenters. The van der Waals surface area contributed by atoms with Gasteiger partial charge in [-0.3, -0.25) is 4.79 Å². The Morgan fingerprint density at radius 3 is 2.70 bits per heavy atom. The van der Waals surface area contributed by atoms with E-state index in [-0.39, 0.29) is 13.0 Å². The first-order valence-corrected chi connectivity index (χ1v) is 6.33. The minimum Gasteiger partial charge on any atom is -0.499 e. The number of alkyl halides is 3. The molecule has 0 aromatic heterocycles. The maximum absolute atomic E-state index is 12.0. The standard InChI is InChI=1S/C12H17F3N2O2S/c1-11(16)6-7(8(20)5-9(11)19-2)3-4-17-10(18)12(13,14)15/h5,20H,3-4,6,16H2,1-2H3,(H,17,18). The summed E-state index contributed by atoms with van der Waals surface area (Å²) in [6, 6.07) is 0. The van der Waals surface area contributed by atoms with Crippen molar-refractivity contribution in [2.75, 3.05) is 13.7 Å². The predicted molar refractivity (Wildman–Crippen MR) is 72.0 cm³/mol. The quantitative estimate of drug-likeness (QED) is 0.695. The molecule has 0 spiro atoms. The molecule has 0 heterocycles. The number of rotatable bonds is 4. The molecule has 3 N–H and O–H groups in total. The van der Waals surface area contributed by atoms with Crippen LogP contribution >= 0.6 is 12.6 Å². The number of allylic oxidation sites excluding steroid dienone is 1. The Labute approximate surface area is 120 Å². The van der Waals surface area contributed by atoms with E-state index in [4.69, 9.17) is 10.5 Å². The summed E-state index contributed by atoms with van der Waals surface area (Å²) < 4.78 is 41.2. The molecule has 4 nitrogen and oxygen atoms in total. The number of amides is 1. The molecule has 1 aliphatic rings. The van der Waals surface area contributed by atoms with Gasteiger partial charge in [0.25, 0.3) is 0 Å². The van der Waals surface area contributed by atoms with E-state index in [1.165, 1.54) is 7.11 Å². The Balaban J connectivity index is 2.65. The summed E-state index contributed by atoms with van der Waals surface area (Å²) in [5, 5.41) is 1.82. The minimum atomic E-state index is -4.86. The second-order valence-electron chi connectivity index (χ2n) is 4.80. The van der Waals surface area contributed by atoms with E-state index in [1.807, 2.05) is 5.32 Å². The van der Waals surface area contributed by atoms with Gasteiger partial charge in [0.2, 0.25) is 0 Å². The normalized spacial score (nSPS) is 23.4. The van der Waals surface area contributed by atoms with Crippen LogP contribution in [0.15, 0.2) is 22.3 Å². The van der Waals surface area contributed by atoms with Gasteiger partial charge in [0, 0.05) is 11.4 Å². The number of carbonyl (C=O) groups excluding carboxylic acids is 1. The lowest BCUT2D eigenvalue weighted by atomic mass is 9.86. The molecule has 0 aliphatic heterocycles. The monoisotopic (exact) mass is 310 g/mol. The molecule has 114 valence electrons. The van der Waals surface area contributed by atoms with E-state index in [9.17, 15) is 18.0 Å². The highest BCUT2D eigenvalue weighted by Crippen LogP contribution is 2.34. The molecule has 0 aromatic carbocycles. The van der Waals surface area contributed by atoms with E-state index >= 15 is 0 Å². The van der Waals surface area contributed by atoms with Gasteiger partial charge in [0.1, 0.15) is 5.76 Å². The number of nitrogens with one attached hydrogen (secondary N) is 1. The molecular weight excluding hydrogens is 293 g/mol. The van der Waals surface area contributed by atoms with Crippen molar-refractivity contribution >= 4 is 18.5 Å². The summed E-state index contributed by atoms with van der Waals surface area (Å²) in [4.78, 5) is 11.3. The second-order valence-corrected chi connectivity index (χ2v) is 5.28. The Kier molecular flexibility index (Phi) is 5.15. The molecule has 1 rings (SSSR count). The molecule has 8 heteroatoms. The summed E-state index contributed by atoms with van der Waals surface area (Å²) in [6.45, 7) is 1.64. The van der Waals surface area contributed by atoms with Gasteiger partial charge in [-0.05, 0) is 25.8 Å². The van der Waals surface area contributed by atoms with Gasteiger partial charge < -0.3 is 15.8 Å². The van der Waals surface area contributed by atoms with E-state index in [0.29, 0.717) is 17.1 Å². The third-order valence-electron chi connectivity index (χ3n) is 2.96. The maximum Gasteiger partial charge on any atom is 0.471 e. The van der Waals surface area contributed by atoms with Crippen LogP contribution in [-0.2, 0) is 9.53 Å². The van der Waals surface area contributed by atoms with Gasteiger partial charge in [-0.15, -0.1) is 12.6 Å². The molecule has 0 radical (unpaired) electrons. The molecule has 20 heavy (non-hydrogen) atoms. The molecular formula is C12H17F3N2O2S. The fourth-order valence-electron chi connectivity index (χ4n) is 1.95. The van der Waals surface area contributed by atoms with Crippen LogP contribution in [0.1, 0.15) is 19.8 Å². The Morgan fingerprint density at radius 1 is 1.60 bits per heavy atom. The summed E-state index contributed by atoms with van der Waals surface area (Å²) in [5.74, 6) is -1.39. The van der Waals surface area contributed by atoms with Crippen molar-refractivity contribution in [2.45, 2.75) is 31.5 Å². The first kappa shape index (κ1) is 16.9. The van der Waals surface area contributed by atoms with Crippen LogP contribution in [0.25, 0.3) is 0 Å². The number of hydrogen-bond acceptors (Lipinski definition) is 4. The Hall–Kier alpha value is -1.15. The molecule has 0 aromatic rings. The number of ether oxygens (including phenoxy) is 1. The highest BCUT2D eigenvalue weighted by atomic mass is 32.1. The average Bonchev–Trinajstić information content (AvgIpc) is 2.31. The zero-order valence-electron chi connectivity index (χ0n) is 11.2. The van der Waals surface area contributed by atoms with Gasteiger partial charge in [-0.1, -0.05) is 5.57 Å². The Morgan fingerprint density at radius 2 is 2.20 bits per heavy atom. The van der Waals surface area contributed by atoms with Gasteiger partial charge >= 0.3 is 12.1 Å². The van der Waals surface area contributed by atoms with Crippen molar-refractivity contribution in [2.24, 2.45) is 5.73 Å². The Bertz CT molecular complexity index is 456. The number of halogens is 3. The van der Waals surface area contributed by atoms with Gasteiger partial charge in [-0.25, -0.2) is 0 Å². The summed E-state index contributed by atoms with van der Waals surface area (Å²) in [5.41, 5.74) is 6.10. The second kappa shape index (κ2) is 6.09. The number of methoxy groups -OCH3 is 1. The summed E-state index contributed by atoms with van der Waals surface area (Å²) in [7, 11) is 1.49. The average molecular weight is 310 g/mol. The highest BCUT2D eigenvalue weighted by molar-refractivity contribution is 7.84. The molecule has 1 unspecified atom stereocenters. The lowest BCUT2D eigenvalue weighted by Gasteiger charge is -2.32. The zero-order valence-corrected chi connectivity index (χ0v) is 12.1. The van der Waals surface area contributed by atoms with Crippen LogP contribution in [0, 0.1) is 0 Å². The van der Waals surface area contributed by atoms with Crippen molar-refractivity contribution < 1.29 is 22.7 Å². The van der Waals surface area contributed by atoms with Crippen molar-refractivity contribution in [3.8, 4) is 0 Å². The predicted octanol–water partition coefficient (Wildman–Crippen LogP) is 1.89. The van der Waals surface area contributed by atoms with E-state index in [2.05, 4.69) is 12.6 Å². The van der Waals surface area contributed by atoms with Crippen LogP contribution in [-0.4, -0.2) is 31.3 Å². The minimum absolute atomic E-state index is 0.121. The summed E-state index contributed by atoms with van der Waals surface area (Å²) in [6.07, 6.45) is -2.56. The summed E-state index contributed by atoms with van der Waals surface area (Å²) >= 11 is 4.26. The largest absolute Gasteiger partial charge is 0.499 e. The van der Waals surface area contributed by atoms with Crippen LogP contribution in [0.5, 0.6) is 0 Å². The van der Waals surface area contributed by atoms with Gasteiger partial charge in [0.15, 0.2) is 0 Å². The fourth-order valence-corrected chi connectivity index (χ4v) is 2.26. The van der Waals surface area contributed by atoms with Gasteiger partial charge in [0.05, 0.1) is 12.6 Å². The molecule has 0 bridgehead atoms. The first-order chi connectivity index (χ1) is 9.08. The van der Waals surface area contributed by atoms with Gasteiger partial charge in [-0.2, -0.15) is 13.2 Å². The van der Waals surface area contributed by atoms with E-state index in [0.717, 1.165) is 5.57 Å².